The normalized spacial score (nSPS) is 10.7. The van der Waals surface area contributed by atoms with Crippen LogP contribution in [0.5, 0.6) is 0 Å². The number of aromatic nitrogens is 1. The van der Waals surface area contributed by atoms with Crippen LogP contribution in [0, 0.1) is 0 Å². The highest BCUT2D eigenvalue weighted by Crippen LogP contribution is 2.34. The lowest BCUT2D eigenvalue weighted by Gasteiger charge is -1.88. The monoisotopic (exact) mass is 244 g/mol. The van der Waals surface area contributed by atoms with Gasteiger partial charge in [0.05, 0.1) is 14.2 Å². The van der Waals surface area contributed by atoms with Gasteiger partial charge in [-0.3, -0.25) is 0 Å². The maximum atomic E-state index is 5.86. The van der Waals surface area contributed by atoms with Crippen LogP contribution < -0.4 is 5.73 Å². The molecule has 0 aliphatic carbocycles. The van der Waals surface area contributed by atoms with Crippen molar-refractivity contribution in [2.75, 3.05) is 6.54 Å². The highest BCUT2D eigenvalue weighted by atomic mass is 35.5. The van der Waals surface area contributed by atoms with Crippen LogP contribution >= 0.6 is 34.3 Å². The molecule has 74 valence electrons. The van der Waals surface area contributed by atoms with Crippen molar-refractivity contribution in [1.29, 1.82) is 0 Å². The predicted molar refractivity (Wildman–Crippen MR) is 63.2 cm³/mol. The van der Waals surface area contributed by atoms with E-state index in [0.717, 1.165) is 15.8 Å². The van der Waals surface area contributed by atoms with Gasteiger partial charge in [-0.25, -0.2) is 4.98 Å². The molecule has 0 saturated heterocycles. The van der Waals surface area contributed by atoms with E-state index in [0.29, 0.717) is 6.54 Å². The van der Waals surface area contributed by atoms with Gasteiger partial charge in [-0.2, -0.15) is 0 Å². The van der Waals surface area contributed by atoms with Gasteiger partial charge >= 0.3 is 0 Å². The van der Waals surface area contributed by atoms with E-state index in [4.69, 9.17) is 17.3 Å². The third kappa shape index (κ3) is 2.15. The average Bonchev–Trinajstić information content (AvgIpc) is 2.74. The first-order valence-electron chi connectivity index (χ1n) is 4.20. The average molecular weight is 245 g/mol. The second-order valence-corrected chi connectivity index (χ2v) is 5.59. The van der Waals surface area contributed by atoms with Crippen molar-refractivity contribution < 1.29 is 0 Å². The lowest BCUT2D eigenvalue weighted by atomic mass is 10.4. The molecule has 0 bridgehead atoms. The smallest absolute Gasteiger partial charge is 0.0944 e. The molecular formula is C9H9ClN2S2. The van der Waals surface area contributed by atoms with Gasteiger partial charge in [0.1, 0.15) is 0 Å². The van der Waals surface area contributed by atoms with Crippen LogP contribution in [0.1, 0.15) is 5.01 Å². The molecule has 0 spiro atoms. The lowest BCUT2D eigenvalue weighted by Crippen LogP contribution is -2.01. The number of hydrogen-bond acceptors (Lipinski definition) is 4. The molecule has 0 atom stereocenters. The van der Waals surface area contributed by atoms with E-state index in [9.17, 15) is 0 Å². The predicted octanol–water partition coefficient (Wildman–Crippen LogP) is 3.03. The van der Waals surface area contributed by atoms with Crippen LogP contribution in [0.2, 0.25) is 4.34 Å². The van der Waals surface area contributed by atoms with Crippen molar-refractivity contribution in [1.82, 2.24) is 4.98 Å². The van der Waals surface area contributed by atoms with Gasteiger partial charge in [0.2, 0.25) is 0 Å². The van der Waals surface area contributed by atoms with Gasteiger partial charge < -0.3 is 5.73 Å². The Kier molecular flexibility index (Phi) is 3.18. The Morgan fingerprint density at radius 3 is 2.79 bits per heavy atom. The molecule has 2 nitrogen and oxygen atoms in total. The van der Waals surface area contributed by atoms with Gasteiger partial charge in [0.25, 0.3) is 0 Å². The van der Waals surface area contributed by atoms with Crippen molar-refractivity contribution in [2.24, 2.45) is 5.73 Å². The number of thiazole rings is 1. The zero-order valence-electron chi connectivity index (χ0n) is 7.37. The minimum Gasteiger partial charge on any atom is -0.330 e. The number of nitrogens with zero attached hydrogens (tertiary/aromatic N) is 1. The number of nitrogens with two attached hydrogens (primary N) is 1. The van der Waals surface area contributed by atoms with Gasteiger partial charge in [0.15, 0.2) is 0 Å². The fraction of sp³-hybridized carbons (Fsp3) is 0.222. The Hall–Kier alpha value is -0.420. The largest absolute Gasteiger partial charge is 0.330 e. The second-order valence-electron chi connectivity index (χ2n) is 2.76. The van der Waals surface area contributed by atoms with E-state index in [1.165, 1.54) is 9.75 Å². The molecule has 0 aromatic carbocycles. The van der Waals surface area contributed by atoms with Crippen molar-refractivity contribution in [3.8, 4) is 9.75 Å². The third-order valence-electron chi connectivity index (χ3n) is 1.73. The van der Waals surface area contributed by atoms with Crippen LogP contribution in [0.25, 0.3) is 9.75 Å². The maximum Gasteiger partial charge on any atom is 0.0944 e. The van der Waals surface area contributed by atoms with E-state index in [1.807, 2.05) is 18.3 Å². The summed E-state index contributed by atoms with van der Waals surface area (Å²) in [5.74, 6) is 0. The molecule has 2 heterocycles. The summed E-state index contributed by atoms with van der Waals surface area (Å²) in [6.45, 7) is 0.651. The van der Waals surface area contributed by atoms with Crippen LogP contribution in [0.4, 0.5) is 0 Å². The molecule has 0 unspecified atom stereocenters. The molecular weight excluding hydrogens is 236 g/mol. The fourth-order valence-corrected chi connectivity index (χ4v) is 3.16. The zero-order chi connectivity index (χ0) is 9.97. The molecule has 0 saturated carbocycles. The Balaban J connectivity index is 2.24. The Morgan fingerprint density at radius 2 is 2.14 bits per heavy atom. The fourth-order valence-electron chi connectivity index (χ4n) is 1.11. The van der Waals surface area contributed by atoms with Crippen LogP contribution in [0.15, 0.2) is 18.3 Å². The summed E-state index contributed by atoms with van der Waals surface area (Å²) in [5, 5.41) is 1.09. The Labute approximate surface area is 95.4 Å². The quantitative estimate of drug-likeness (QED) is 0.902. The number of halogens is 1. The van der Waals surface area contributed by atoms with Crippen molar-refractivity contribution in [3.63, 3.8) is 0 Å². The first kappa shape index (κ1) is 10.1. The molecule has 0 amide bonds. The van der Waals surface area contributed by atoms with Gasteiger partial charge in [-0.05, 0) is 18.7 Å². The molecule has 5 heteroatoms. The molecule has 0 aliphatic rings. The highest BCUT2D eigenvalue weighted by molar-refractivity contribution is 7.24. The van der Waals surface area contributed by atoms with Gasteiger partial charge in [0, 0.05) is 17.5 Å². The zero-order valence-corrected chi connectivity index (χ0v) is 9.75. The summed E-state index contributed by atoms with van der Waals surface area (Å²) in [6, 6.07) is 3.93. The molecule has 0 aliphatic heterocycles. The standard InChI is InChI=1S/C9H9ClN2S2/c10-8-2-1-6(13-8)7-5-12-9(14-7)3-4-11/h1-2,5H,3-4,11H2. The van der Waals surface area contributed by atoms with E-state index >= 15 is 0 Å². The van der Waals surface area contributed by atoms with E-state index in [2.05, 4.69) is 4.98 Å². The maximum absolute atomic E-state index is 5.86. The summed E-state index contributed by atoms with van der Waals surface area (Å²) in [7, 11) is 0. The summed E-state index contributed by atoms with van der Waals surface area (Å²) in [5.41, 5.74) is 5.46. The minimum atomic E-state index is 0.651. The highest BCUT2D eigenvalue weighted by Gasteiger charge is 2.05. The summed E-state index contributed by atoms with van der Waals surface area (Å²) >= 11 is 9.12. The van der Waals surface area contributed by atoms with Gasteiger partial charge in [-0.1, -0.05) is 11.6 Å². The summed E-state index contributed by atoms with van der Waals surface area (Å²) in [6.07, 6.45) is 2.74. The van der Waals surface area contributed by atoms with Crippen molar-refractivity contribution in [3.05, 3.63) is 27.7 Å². The molecule has 0 fully saturated rings. The summed E-state index contributed by atoms with van der Waals surface area (Å²) < 4.78 is 0.814. The molecule has 2 aromatic rings. The SMILES string of the molecule is NCCc1ncc(-c2ccc(Cl)s2)s1. The van der Waals surface area contributed by atoms with Crippen molar-refractivity contribution >= 4 is 34.3 Å². The van der Waals surface area contributed by atoms with Crippen LogP contribution in [0.3, 0.4) is 0 Å². The molecule has 2 aromatic heterocycles. The summed E-state index contributed by atoms with van der Waals surface area (Å²) in [4.78, 5) is 6.64. The molecule has 2 N–H and O–H groups in total. The third-order valence-corrected chi connectivity index (χ3v) is 4.21. The lowest BCUT2D eigenvalue weighted by molar-refractivity contribution is 0.953. The minimum absolute atomic E-state index is 0.651. The van der Waals surface area contributed by atoms with E-state index < -0.39 is 0 Å². The second kappa shape index (κ2) is 4.40. The molecule has 14 heavy (non-hydrogen) atoms. The van der Waals surface area contributed by atoms with Crippen LogP contribution in [-0.2, 0) is 6.42 Å². The van der Waals surface area contributed by atoms with Crippen molar-refractivity contribution in [2.45, 2.75) is 6.42 Å². The van der Waals surface area contributed by atoms with E-state index in [1.54, 1.807) is 22.7 Å². The van der Waals surface area contributed by atoms with E-state index in [-0.39, 0.29) is 0 Å². The number of rotatable bonds is 3. The number of thiophene rings is 1. The number of hydrogen-bond donors (Lipinski definition) is 1. The Morgan fingerprint density at radius 1 is 1.29 bits per heavy atom. The van der Waals surface area contributed by atoms with Gasteiger partial charge in [-0.15, -0.1) is 22.7 Å². The topological polar surface area (TPSA) is 38.9 Å². The van der Waals surface area contributed by atoms with Crippen LogP contribution in [-0.4, -0.2) is 11.5 Å². The Bertz CT molecular complexity index is 422. The molecule has 0 radical (unpaired) electrons. The molecule has 2 rings (SSSR count). The first-order valence-corrected chi connectivity index (χ1v) is 6.21. The first-order chi connectivity index (χ1) is 6.79.